The van der Waals surface area contributed by atoms with Gasteiger partial charge in [-0.3, -0.25) is 4.79 Å². The highest BCUT2D eigenvalue weighted by Crippen LogP contribution is 2.29. The van der Waals surface area contributed by atoms with Gasteiger partial charge >= 0.3 is 0 Å². The van der Waals surface area contributed by atoms with Crippen molar-refractivity contribution in [1.29, 1.82) is 0 Å². The third-order valence-corrected chi connectivity index (χ3v) is 6.71. The fourth-order valence-electron chi connectivity index (χ4n) is 4.96. The highest BCUT2D eigenvalue weighted by Gasteiger charge is 2.19. The first-order valence-corrected chi connectivity index (χ1v) is 11.8. The van der Waals surface area contributed by atoms with E-state index in [0.29, 0.717) is 18.9 Å². The normalized spacial score (nSPS) is 16.3. The van der Waals surface area contributed by atoms with E-state index in [1.807, 2.05) is 12.1 Å². The topological polar surface area (TPSA) is 41.6 Å². The summed E-state index contributed by atoms with van der Waals surface area (Å²) in [4.78, 5) is 15.1. The van der Waals surface area contributed by atoms with Gasteiger partial charge < -0.3 is 15.0 Å². The highest BCUT2D eigenvalue weighted by molar-refractivity contribution is 6.02. The summed E-state index contributed by atoms with van der Waals surface area (Å²) in [5, 5.41) is 7.96. The highest BCUT2D eigenvalue weighted by atomic mass is 16.5. The molecule has 5 rings (SSSR count). The van der Waals surface area contributed by atoms with Gasteiger partial charge in [0.15, 0.2) is 0 Å². The summed E-state index contributed by atoms with van der Waals surface area (Å²) in [6.45, 7) is 1.96. The lowest BCUT2D eigenvalue weighted by atomic mass is 9.94. The molecule has 0 radical (unpaired) electrons. The molecule has 0 spiro atoms. The quantitative estimate of drug-likeness (QED) is 0.366. The molecular formula is C29H30N2O2. The molecule has 1 aliphatic heterocycles. The van der Waals surface area contributed by atoms with Gasteiger partial charge in [0.1, 0.15) is 0 Å². The first kappa shape index (κ1) is 21.5. The number of hydrogen-bond donors (Lipinski definition) is 1. The van der Waals surface area contributed by atoms with Crippen LogP contribution in [0.2, 0.25) is 0 Å². The number of carbonyl (C=O) groups is 1. The summed E-state index contributed by atoms with van der Waals surface area (Å²) in [5.74, 6) is 0.0391. The van der Waals surface area contributed by atoms with Crippen LogP contribution in [0.15, 0.2) is 78.9 Å². The Labute approximate surface area is 195 Å². The van der Waals surface area contributed by atoms with Crippen LogP contribution in [0.3, 0.4) is 0 Å². The zero-order valence-electron chi connectivity index (χ0n) is 19.1. The summed E-state index contributed by atoms with van der Waals surface area (Å²) in [6.07, 6.45) is 3.70. The molecule has 4 aromatic carbocycles. The number of rotatable bonds is 6. The lowest BCUT2D eigenvalue weighted by molar-refractivity contribution is -0.116. The third-order valence-electron chi connectivity index (χ3n) is 6.71. The summed E-state index contributed by atoms with van der Waals surface area (Å²) in [6, 6.07) is 27.3. The molecule has 4 heteroatoms. The predicted molar refractivity (Wildman–Crippen MR) is 137 cm³/mol. The molecule has 1 saturated heterocycles. The van der Waals surface area contributed by atoms with Crippen LogP contribution < -0.4 is 10.2 Å². The SMILES string of the molecule is COC1CCCN(c2ccc(NC(=O)CCc3c4ccccc4cc4ccccc34)cc2)C1. The first-order chi connectivity index (χ1) is 16.2. The molecule has 0 bridgehead atoms. The van der Waals surface area contributed by atoms with Crippen LogP contribution in [-0.2, 0) is 16.0 Å². The Hall–Kier alpha value is -3.37. The molecule has 4 nitrogen and oxygen atoms in total. The monoisotopic (exact) mass is 438 g/mol. The van der Waals surface area contributed by atoms with E-state index < -0.39 is 0 Å². The van der Waals surface area contributed by atoms with Gasteiger partial charge in [0.25, 0.3) is 0 Å². The van der Waals surface area contributed by atoms with Gasteiger partial charge in [-0.1, -0.05) is 48.5 Å². The molecule has 33 heavy (non-hydrogen) atoms. The van der Waals surface area contributed by atoms with Crippen molar-refractivity contribution in [3.05, 3.63) is 84.4 Å². The van der Waals surface area contributed by atoms with Gasteiger partial charge in [-0.05, 0) is 76.7 Å². The van der Waals surface area contributed by atoms with E-state index in [1.54, 1.807) is 7.11 Å². The second-order valence-corrected chi connectivity index (χ2v) is 8.84. The standard InChI is InChI=1S/C29H30N2O2/c1-33-25-9-6-18-31(20-25)24-14-12-23(13-15-24)30-29(32)17-16-28-26-10-4-2-7-21(26)19-22-8-3-5-11-27(22)28/h2-5,7-8,10-15,19,25H,6,9,16-18,20H2,1H3,(H,30,32). The number of carbonyl (C=O) groups excluding carboxylic acids is 1. The second-order valence-electron chi connectivity index (χ2n) is 8.84. The maximum absolute atomic E-state index is 12.8. The number of anilines is 2. The molecule has 0 saturated carbocycles. The number of aryl methyl sites for hydroxylation is 1. The number of methoxy groups -OCH3 is 1. The van der Waals surface area contributed by atoms with Crippen molar-refractivity contribution in [3.63, 3.8) is 0 Å². The number of nitrogens with one attached hydrogen (secondary N) is 1. The van der Waals surface area contributed by atoms with Crippen molar-refractivity contribution in [3.8, 4) is 0 Å². The average Bonchev–Trinajstić information content (AvgIpc) is 2.87. The number of benzene rings is 4. The third kappa shape index (κ3) is 4.71. The molecule has 0 aromatic heterocycles. The van der Waals surface area contributed by atoms with E-state index in [-0.39, 0.29) is 5.91 Å². The number of piperidine rings is 1. The Balaban J connectivity index is 1.27. The van der Waals surface area contributed by atoms with Crippen LogP contribution in [0, 0.1) is 0 Å². The summed E-state index contributed by atoms with van der Waals surface area (Å²) < 4.78 is 5.54. The van der Waals surface area contributed by atoms with E-state index in [2.05, 4.69) is 76.9 Å². The molecule has 1 amide bonds. The van der Waals surface area contributed by atoms with Gasteiger partial charge in [-0.2, -0.15) is 0 Å². The van der Waals surface area contributed by atoms with E-state index >= 15 is 0 Å². The molecule has 1 unspecified atom stereocenters. The van der Waals surface area contributed by atoms with Gasteiger partial charge in [-0.15, -0.1) is 0 Å². The van der Waals surface area contributed by atoms with Gasteiger partial charge in [0.2, 0.25) is 5.91 Å². The number of hydrogen-bond acceptors (Lipinski definition) is 3. The second kappa shape index (κ2) is 9.63. The van der Waals surface area contributed by atoms with E-state index in [0.717, 1.165) is 31.6 Å². The maximum Gasteiger partial charge on any atom is 0.224 e. The zero-order chi connectivity index (χ0) is 22.6. The minimum atomic E-state index is 0.0391. The Bertz CT molecular complexity index is 1210. The van der Waals surface area contributed by atoms with Crippen LogP contribution in [-0.4, -0.2) is 32.2 Å². The molecule has 0 aliphatic carbocycles. The van der Waals surface area contributed by atoms with Gasteiger partial charge in [0, 0.05) is 38.0 Å². The lowest BCUT2D eigenvalue weighted by Gasteiger charge is -2.33. The molecule has 1 N–H and O–H groups in total. The van der Waals surface area contributed by atoms with Crippen LogP contribution in [0.5, 0.6) is 0 Å². The fourth-order valence-corrected chi connectivity index (χ4v) is 4.96. The van der Waals surface area contributed by atoms with E-state index in [4.69, 9.17) is 4.74 Å². The summed E-state index contributed by atoms with van der Waals surface area (Å²) >= 11 is 0. The summed E-state index contributed by atoms with van der Waals surface area (Å²) in [7, 11) is 1.79. The number of fused-ring (bicyclic) bond motifs is 2. The van der Waals surface area contributed by atoms with Crippen molar-refractivity contribution in [2.24, 2.45) is 0 Å². The summed E-state index contributed by atoms with van der Waals surface area (Å²) in [5.41, 5.74) is 3.26. The van der Waals surface area contributed by atoms with Crippen molar-refractivity contribution >= 4 is 38.8 Å². The number of amides is 1. The maximum atomic E-state index is 12.8. The predicted octanol–water partition coefficient (Wildman–Crippen LogP) is 6.18. The molecule has 168 valence electrons. The molecule has 1 fully saturated rings. The first-order valence-electron chi connectivity index (χ1n) is 11.8. The zero-order valence-corrected chi connectivity index (χ0v) is 19.1. The van der Waals surface area contributed by atoms with Crippen LogP contribution in [0.25, 0.3) is 21.5 Å². The molecule has 4 aromatic rings. The Morgan fingerprint density at radius 2 is 1.64 bits per heavy atom. The van der Waals surface area contributed by atoms with E-state index in [1.165, 1.54) is 32.8 Å². The molecule has 1 heterocycles. The lowest BCUT2D eigenvalue weighted by Crippen LogP contribution is -2.39. The van der Waals surface area contributed by atoms with Crippen molar-refractivity contribution in [2.75, 3.05) is 30.4 Å². The fraction of sp³-hybridized carbons (Fsp3) is 0.276. The minimum absolute atomic E-state index is 0.0391. The van der Waals surface area contributed by atoms with Gasteiger partial charge in [0.05, 0.1) is 6.10 Å². The van der Waals surface area contributed by atoms with Crippen molar-refractivity contribution in [2.45, 2.75) is 31.8 Å². The number of ether oxygens (including phenoxy) is 1. The van der Waals surface area contributed by atoms with Crippen LogP contribution in [0.1, 0.15) is 24.8 Å². The van der Waals surface area contributed by atoms with Gasteiger partial charge in [-0.25, -0.2) is 0 Å². The minimum Gasteiger partial charge on any atom is -0.380 e. The van der Waals surface area contributed by atoms with Crippen LogP contribution >= 0.6 is 0 Å². The molecule has 1 aliphatic rings. The van der Waals surface area contributed by atoms with Crippen LogP contribution in [0.4, 0.5) is 11.4 Å². The average molecular weight is 439 g/mol. The molecule has 1 atom stereocenters. The Morgan fingerprint density at radius 3 is 2.30 bits per heavy atom. The smallest absolute Gasteiger partial charge is 0.224 e. The van der Waals surface area contributed by atoms with E-state index in [9.17, 15) is 4.79 Å². The van der Waals surface area contributed by atoms with Crippen molar-refractivity contribution < 1.29 is 9.53 Å². The van der Waals surface area contributed by atoms with Crippen molar-refractivity contribution in [1.82, 2.24) is 0 Å². The number of nitrogens with zero attached hydrogens (tertiary/aromatic N) is 1. The Kier molecular flexibility index (Phi) is 6.27. The largest absolute Gasteiger partial charge is 0.380 e. The molecular weight excluding hydrogens is 408 g/mol. The Morgan fingerprint density at radius 1 is 0.970 bits per heavy atom.